The number of carbonyl (C=O) groups excluding carboxylic acids is 1. The lowest BCUT2D eigenvalue weighted by atomic mass is 9.62. The van der Waals surface area contributed by atoms with Crippen molar-refractivity contribution in [2.45, 2.75) is 72.4 Å². The highest BCUT2D eigenvalue weighted by Crippen LogP contribution is 2.51. The second kappa shape index (κ2) is 9.94. The number of ether oxygens (including phenoxy) is 2. The van der Waals surface area contributed by atoms with Crippen LogP contribution in [-0.2, 0) is 9.53 Å². The van der Waals surface area contributed by atoms with E-state index in [1.54, 1.807) is 0 Å². The molecule has 3 aromatic rings. The minimum Gasteiger partial charge on any atom is -0.423 e. The van der Waals surface area contributed by atoms with Crippen LogP contribution in [0, 0.1) is 10.8 Å². The fraction of sp³-hybridized carbons (Fsp3) is 0.438. The molecule has 0 spiro atoms. The summed E-state index contributed by atoms with van der Waals surface area (Å²) in [6, 6.07) is 14.4. The number of fused-ring (bicyclic) bond motifs is 1. The van der Waals surface area contributed by atoms with Gasteiger partial charge in [-0.25, -0.2) is 9.48 Å². The molecule has 0 radical (unpaired) electrons. The summed E-state index contributed by atoms with van der Waals surface area (Å²) in [6.45, 7) is 13.8. The second-order valence-corrected chi connectivity index (χ2v) is 12.1. The van der Waals surface area contributed by atoms with Gasteiger partial charge in [0, 0.05) is 23.6 Å². The third-order valence-corrected chi connectivity index (χ3v) is 7.54. The highest BCUT2D eigenvalue weighted by molar-refractivity contribution is 5.92. The molecule has 5 nitrogen and oxygen atoms in total. The van der Waals surface area contributed by atoms with Gasteiger partial charge in [-0.2, -0.15) is 5.10 Å². The van der Waals surface area contributed by atoms with Crippen LogP contribution < -0.4 is 4.74 Å². The number of hydrogen-bond acceptors (Lipinski definition) is 4. The molecule has 2 fully saturated rings. The molecule has 194 valence electrons. The van der Waals surface area contributed by atoms with E-state index in [0.29, 0.717) is 5.75 Å². The van der Waals surface area contributed by atoms with Gasteiger partial charge in [-0.1, -0.05) is 64.1 Å². The predicted molar refractivity (Wildman–Crippen MR) is 148 cm³/mol. The minimum absolute atomic E-state index is 0.00564. The van der Waals surface area contributed by atoms with Gasteiger partial charge in [0.15, 0.2) is 6.23 Å². The third-order valence-electron chi connectivity index (χ3n) is 7.54. The van der Waals surface area contributed by atoms with E-state index in [1.165, 1.54) is 11.6 Å². The van der Waals surface area contributed by atoms with Crippen LogP contribution in [-0.4, -0.2) is 22.4 Å². The van der Waals surface area contributed by atoms with Crippen LogP contribution >= 0.6 is 0 Å². The van der Waals surface area contributed by atoms with Gasteiger partial charge in [0.1, 0.15) is 5.75 Å². The number of benzene rings is 2. The summed E-state index contributed by atoms with van der Waals surface area (Å²) in [4.78, 5) is 12.2. The van der Waals surface area contributed by atoms with Crippen LogP contribution in [0.1, 0.15) is 83.6 Å². The van der Waals surface area contributed by atoms with E-state index in [0.717, 1.165) is 72.7 Å². The van der Waals surface area contributed by atoms with E-state index in [-0.39, 0.29) is 17.1 Å². The van der Waals surface area contributed by atoms with Crippen molar-refractivity contribution in [1.29, 1.82) is 0 Å². The van der Waals surface area contributed by atoms with Crippen LogP contribution in [0.25, 0.3) is 16.5 Å². The first kappa shape index (κ1) is 25.5. The molecular weight excluding hydrogens is 460 g/mol. The van der Waals surface area contributed by atoms with Crippen molar-refractivity contribution in [3.05, 3.63) is 78.0 Å². The Hall–Kier alpha value is -3.18. The Bertz CT molecular complexity index is 1340. The number of rotatable bonds is 5. The molecule has 0 amide bonds. The average molecular weight is 499 g/mol. The SMILES string of the molecule is C=CC(=O)Oc1ccccc1C(=C1CC(C)(C)CC(C)(C)C1)c1ccc2c(cnn2C2CCCCO2)c1. The first-order valence-electron chi connectivity index (χ1n) is 13.4. The molecule has 1 aliphatic carbocycles. The Labute approximate surface area is 220 Å². The molecule has 5 heteroatoms. The average Bonchev–Trinajstić information content (AvgIpc) is 3.27. The number of allylic oxidation sites excluding steroid dienone is 1. The predicted octanol–water partition coefficient (Wildman–Crippen LogP) is 7.87. The normalized spacial score (nSPS) is 21.0. The van der Waals surface area contributed by atoms with Gasteiger partial charge in [-0.15, -0.1) is 0 Å². The van der Waals surface area contributed by atoms with Crippen molar-refractivity contribution in [2.24, 2.45) is 10.8 Å². The Kier molecular flexibility index (Phi) is 6.84. The molecule has 1 aliphatic heterocycles. The maximum Gasteiger partial charge on any atom is 0.335 e. The van der Waals surface area contributed by atoms with E-state index < -0.39 is 5.97 Å². The van der Waals surface area contributed by atoms with Gasteiger partial charge in [-0.05, 0) is 78.7 Å². The summed E-state index contributed by atoms with van der Waals surface area (Å²) in [5, 5.41) is 5.80. The van der Waals surface area contributed by atoms with E-state index in [9.17, 15) is 4.79 Å². The van der Waals surface area contributed by atoms with Gasteiger partial charge in [-0.3, -0.25) is 0 Å². The summed E-state index contributed by atoms with van der Waals surface area (Å²) >= 11 is 0. The molecule has 0 N–H and O–H groups in total. The van der Waals surface area contributed by atoms with Crippen molar-refractivity contribution < 1.29 is 14.3 Å². The largest absolute Gasteiger partial charge is 0.423 e. The first-order chi connectivity index (χ1) is 17.7. The molecular formula is C32H38N2O3. The summed E-state index contributed by atoms with van der Waals surface area (Å²) in [7, 11) is 0. The highest BCUT2D eigenvalue weighted by atomic mass is 16.5. The minimum atomic E-state index is -0.453. The van der Waals surface area contributed by atoms with Crippen LogP contribution in [0.3, 0.4) is 0 Å². The number of esters is 1. The number of nitrogens with zero attached hydrogens (tertiary/aromatic N) is 2. The zero-order chi connectivity index (χ0) is 26.2. The van der Waals surface area contributed by atoms with Crippen molar-refractivity contribution in [1.82, 2.24) is 9.78 Å². The Morgan fingerprint density at radius 2 is 1.86 bits per heavy atom. The summed E-state index contributed by atoms with van der Waals surface area (Å²) in [6.07, 6.45) is 9.55. The highest BCUT2D eigenvalue weighted by Gasteiger charge is 2.37. The number of hydrogen-bond donors (Lipinski definition) is 0. The zero-order valence-electron chi connectivity index (χ0n) is 22.5. The number of para-hydroxylation sites is 1. The zero-order valence-corrected chi connectivity index (χ0v) is 22.5. The van der Waals surface area contributed by atoms with Crippen molar-refractivity contribution >= 4 is 22.4 Å². The van der Waals surface area contributed by atoms with E-state index in [1.807, 2.05) is 29.1 Å². The van der Waals surface area contributed by atoms with Gasteiger partial charge >= 0.3 is 5.97 Å². The van der Waals surface area contributed by atoms with Crippen molar-refractivity contribution in [3.63, 3.8) is 0 Å². The number of aromatic nitrogens is 2. The lowest BCUT2D eigenvalue weighted by Gasteiger charge is -2.43. The van der Waals surface area contributed by atoms with Crippen LogP contribution in [0.5, 0.6) is 5.75 Å². The second-order valence-electron chi connectivity index (χ2n) is 12.1. The molecule has 1 aromatic heterocycles. The first-order valence-corrected chi connectivity index (χ1v) is 13.4. The molecule has 37 heavy (non-hydrogen) atoms. The van der Waals surface area contributed by atoms with Crippen molar-refractivity contribution in [3.8, 4) is 5.75 Å². The molecule has 2 heterocycles. The molecule has 1 saturated heterocycles. The lowest BCUT2D eigenvalue weighted by Crippen LogP contribution is -2.30. The maximum atomic E-state index is 12.2. The maximum absolute atomic E-state index is 12.2. The van der Waals surface area contributed by atoms with Gasteiger partial charge in [0.2, 0.25) is 0 Å². The molecule has 1 unspecified atom stereocenters. The summed E-state index contributed by atoms with van der Waals surface area (Å²) in [5.41, 5.74) is 6.01. The van der Waals surface area contributed by atoms with Gasteiger partial charge < -0.3 is 9.47 Å². The molecule has 2 aromatic carbocycles. The van der Waals surface area contributed by atoms with E-state index in [4.69, 9.17) is 14.6 Å². The van der Waals surface area contributed by atoms with Crippen LogP contribution in [0.2, 0.25) is 0 Å². The standard InChI is InChI=1S/C32H38N2O3/c1-6-29(35)37-27-12-8-7-11-25(27)30(24-18-31(2,3)21-32(4,5)19-24)22-14-15-26-23(17-22)20-33-34(26)28-13-9-10-16-36-28/h6-8,11-12,14-15,17,20,28H,1,9-10,13,16,18-19,21H2,2-5H3. The smallest absolute Gasteiger partial charge is 0.335 e. The quantitative estimate of drug-likeness (QED) is 0.204. The fourth-order valence-corrected chi connectivity index (χ4v) is 6.63. The van der Waals surface area contributed by atoms with Crippen LogP contribution in [0.15, 0.2) is 66.9 Å². The topological polar surface area (TPSA) is 53.3 Å². The third kappa shape index (κ3) is 5.42. The molecule has 1 atom stereocenters. The fourth-order valence-electron chi connectivity index (χ4n) is 6.63. The Morgan fingerprint density at radius 1 is 1.11 bits per heavy atom. The van der Waals surface area contributed by atoms with Crippen LogP contribution in [0.4, 0.5) is 0 Å². The molecule has 0 bridgehead atoms. The lowest BCUT2D eigenvalue weighted by molar-refractivity contribution is -0.128. The Balaban J connectivity index is 1.67. The molecule has 5 rings (SSSR count). The number of carbonyl (C=O) groups is 1. The monoisotopic (exact) mass is 498 g/mol. The molecule has 2 aliphatic rings. The van der Waals surface area contributed by atoms with Gasteiger partial charge in [0.25, 0.3) is 0 Å². The van der Waals surface area contributed by atoms with E-state index in [2.05, 4.69) is 58.5 Å². The van der Waals surface area contributed by atoms with Gasteiger partial charge in [0.05, 0.1) is 11.7 Å². The Morgan fingerprint density at radius 3 is 2.57 bits per heavy atom. The van der Waals surface area contributed by atoms with Crippen molar-refractivity contribution in [2.75, 3.05) is 6.61 Å². The molecule has 1 saturated carbocycles. The summed E-state index contributed by atoms with van der Waals surface area (Å²) < 4.78 is 13.8. The summed E-state index contributed by atoms with van der Waals surface area (Å²) in [5.74, 6) is 0.104. The van der Waals surface area contributed by atoms with E-state index >= 15 is 0 Å².